The lowest BCUT2D eigenvalue weighted by Crippen LogP contribution is -2.45. The van der Waals surface area contributed by atoms with Crippen LogP contribution >= 0.6 is 0 Å². The number of nitrogens with two attached hydrogens (primary N) is 2. The maximum atomic E-state index is 15.0. The van der Waals surface area contributed by atoms with Crippen LogP contribution in [0.4, 0.5) is 20.6 Å². The molecule has 1 unspecified atom stereocenters. The summed E-state index contributed by atoms with van der Waals surface area (Å²) in [4.78, 5) is 27.0. The van der Waals surface area contributed by atoms with Gasteiger partial charge in [0.1, 0.15) is 16.6 Å². The molecule has 0 radical (unpaired) electrons. The molecule has 8 heteroatoms. The number of rotatable bonds is 2. The number of hydrogen-bond donors (Lipinski definition) is 2. The molecule has 1 saturated heterocycles. The first-order valence-corrected chi connectivity index (χ1v) is 9.21. The van der Waals surface area contributed by atoms with Crippen LogP contribution in [0.1, 0.15) is 53.5 Å². The molecule has 28 heavy (non-hydrogen) atoms. The lowest BCUT2D eigenvalue weighted by atomic mass is 9.78. The normalized spacial score (nSPS) is 20.2. The van der Waals surface area contributed by atoms with E-state index in [9.17, 15) is 9.59 Å². The summed E-state index contributed by atoms with van der Waals surface area (Å²) in [5.41, 5.74) is 8.51. The average Bonchev–Trinajstić information content (AvgIpc) is 2.96. The van der Waals surface area contributed by atoms with Gasteiger partial charge in [-0.25, -0.2) is 9.18 Å². The minimum absolute atomic E-state index is 0.0690. The van der Waals surface area contributed by atoms with Gasteiger partial charge < -0.3 is 25.8 Å². The molecule has 1 atom stereocenters. The smallest absolute Gasteiger partial charge is 0.410 e. The summed E-state index contributed by atoms with van der Waals surface area (Å²) in [6.07, 6.45) is -0.386. The van der Waals surface area contributed by atoms with Crippen molar-refractivity contribution < 1.29 is 23.5 Å². The van der Waals surface area contributed by atoms with E-state index in [4.69, 9.17) is 20.9 Å². The summed E-state index contributed by atoms with van der Waals surface area (Å²) in [7, 11) is 0. The van der Waals surface area contributed by atoms with Crippen molar-refractivity contribution in [1.29, 1.82) is 0 Å². The first kappa shape index (κ1) is 21.8. The molecule has 0 aliphatic carbocycles. The van der Waals surface area contributed by atoms with Crippen molar-refractivity contribution in [1.82, 2.24) is 4.90 Å². The Kier molecular flexibility index (Phi) is 5.56. The second-order valence-corrected chi connectivity index (χ2v) is 9.17. The highest BCUT2D eigenvalue weighted by Crippen LogP contribution is 2.41. The summed E-state index contributed by atoms with van der Waals surface area (Å²) in [5, 5.41) is 0. The Morgan fingerprint density at radius 1 is 1.07 bits per heavy atom. The zero-order valence-electron chi connectivity index (χ0n) is 17.4. The van der Waals surface area contributed by atoms with E-state index >= 15 is 4.39 Å². The summed E-state index contributed by atoms with van der Waals surface area (Å²) >= 11 is 0. The molecule has 1 amide bonds. The van der Waals surface area contributed by atoms with Gasteiger partial charge in [0.25, 0.3) is 0 Å². The Balaban J connectivity index is 2.47. The Bertz CT molecular complexity index is 783. The molecule has 0 aromatic heterocycles. The fraction of sp³-hybridized carbons (Fsp3) is 0.600. The quantitative estimate of drug-likeness (QED) is 0.588. The van der Waals surface area contributed by atoms with Gasteiger partial charge in [-0.3, -0.25) is 4.79 Å². The SMILES string of the molecule is CC(C)(C)OC(=O)N1CCC(C(=O)OC(C)(C)C)(c2ccc(N)c(N)c2F)C1. The fourth-order valence-corrected chi connectivity index (χ4v) is 3.14. The Hall–Kier alpha value is -2.51. The van der Waals surface area contributed by atoms with E-state index in [2.05, 4.69) is 0 Å². The lowest BCUT2D eigenvalue weighted by Gasteiger charge is -2.32. The summed E-state index contributed by atoms with van der Waals surface area (Å²) in [5.74, 6) is -1.38. The number of esters is 1. The number of hydrogen-bond acceptors (Lipinski definition) is 6. The molecule has 0 bridgehead atoms. The molecule has 1 aromatic rings. The highest BCUT2D eigenvalue weighted by molar-refractivity contribution is 5.87. The molecule has 7 nitrogen and oxygen atoms in total. The van der Waals surface area contributed by atoms with Crippen LogP contribution in [0.25, 0.3) is 0 Å². The average molecular weight is 395 g/mol. The lowest BCUT2D eigenvalue weighted by molar-refractivity contribution is -0.161. The largest absolute Gasteiger partial charge is 0.459 e. The van der Waals surface area contributed by atoms with Gasteiger partial charge in [-0.2, -0.15) is 0 Å². The van der Waals surface area contributed by atoms with E-state index in [1.165, 1.54) is 17.0 Å². The van der Waals surface area contributed by atoms with Gasteiger partial charge in [-0.05, 0) is 54.0 Å². The molecule has 4 N–H and O–H groups in total. The van der Waals surface area contributed by atoms with E-state index in [1.54, 1.807) is 41.5 Å². The van der Waals surface area contributed by atoms with Gasteiger partial charge in [0.2, 0.25) is 0 Å². The van der Waals surface area contributed by atoms with Gasteiger partial charge in [0, 0.05) is 18.7 Å². The number of halogens is 1. The highest BCUT2D eigenvalue weighted by Gasteiger charge is 2.52. The van der Waals surface area contributed by atoms with Crippen LogP contribution in [0.3, 0.4) is 0 Å². The standard InChI is InChI=1S/C20H30FN3O4/c1-18(2,3)27-16(25)20(12-7-8-13(22)15(23)14(12)21)9-10-24(11-20)17(26)28-19(4,5)6/h7-8H,9-11,22-23H2,1-6H3. The molecular weight excluding hydrogens is 365 g/mol. The second kappa shape index (κ2) is 7.14. The van der Waals surface area contributed by atoms with E-state index in [0.29, 0.717) is 0 Å². The maximum Gasteiger partial charge on any atom is 0.410 e. The number of benzene rings is 1. The first-order chi connectivity index (χ1) is 12.7. The Morgan fingerprint density at radius 3 is 2.18 bits per heavy atom. The van der Waals surface area contributed by atoms with Crippen LogP contribution < -0.4 is 11.5 Å². The van der Waals surface area contributed by atoms with E-state index < -0.39 is 34.5 Å². The van der Waals surface area contributed by atoms with Gasteiger partial charge >= 0.3 is 12.1 Å². The van der Waals surface area contributed by atoms with Crippen molar-refractivity contribution in [3.8, 4) is 0 Å². The molecule has 1 heterocycles. The summed E-state index contributed by atoms with van der Waals surface area (Å²) in [6, 6.07) is 2.89. The van der Waals surface area contributed by atoms with Crippen LogP contribution in [0, 0.1) is 5.82 Å². The van der Waals surface area contributed by atoms with Gasteiger partial charge in [-0.1, -0.05) is 6.07 Å². The molecule has 1 aromatic carbocycles. The van der Waals surface area contributed by atoms with Crippen LogP contribution in [0.2, 0.25) is 0 Å². The highest BCUT2D eigenvalue weighted by atomic mass is 19.1. The number of amides is 1. The van der Waals surface area contributed by atoms with Crippen molar-refractivity contribution in [2.75, 3.05) is 24.6 Å². The second-order valence-electron chi connectivity index (χ2n) is 9.17. The monoisotopic (exact) mass is 395 g/mol. The third kappa shape index (κ3) is 4.48. The summed E-state index contributed by atoms with van der Waals surface area (Å²) in [6.45, 7) is 10.6. The van der Waals surface area contributed by atoms with E-state index in [-0.39, 0.29) is 36.4 Å². The molecule has 1 aliphatic rings. The Labute approximate surface area is 165 Å². The maximum absolute atomic E-state index is 15.0. The van der Waals surface area contributed by atoms with Gasteiger partial charge in [0.15, 0.2) is 5.82 Å². The topological polar surface area (TPSA) is 108 Å². The number of anilines is 2. The van der Waals surface area contributed by atoms with E-state index in [0.717, 1.165) is 0 Å². The fourth-order valence-electron chi connectivity index (χ4n) is 3.14. The zero-order valence-corrected chi connectivity index (χ0v) is 17.4. The number of ether oxygens (including phenoxy) is 2. The van der Waals surface area contributed by atoms with Crippen molar-refractivity contribution >= 4 is 23.4 Å². The van der Waals surface area contributed by atoms with Crippen LogP contribution in [0.15, 0.2) is 12.1 Å². The summed E-state index contributed by atoms with van der Waals surface area (Å²) < 4.78 is 26.0. The molecule has 0 saturated carbocycles. The molecule has 156 valence electrons. The third-order valence-electron chi connectivity index (χ3n) is 4.44. The third-order valence-corrected chi connectivity index (χ3v) is 4.44. The van der Waals surface area contributed by atoms with Crippen molar-refractivity contribution in [2.45, 2.75) is 64.6 Å². The number of carbonyl (C=O) groups is 2. The molecular formula is C20H30FN3O4. The van der Waals surface area contributed by atoms with Gasteiger partial charge in [0.05, 0.1) is 11.4 Å². The first-order valence-electron chi connectivity index (χ1n) is 9.21. The molecule has 2 rings (SSSR count). The molecule has 1 aliphatic heterocycles. The number of carbonyl (C=O) groups excluding carboxylic acids is 2. The van der Waals surface area contributed by atoms with Crippen LogP contribution in [-0.4, -0.2) is 41.3 Å². The van der Waals surface area contributed by atoms with Gasteiger partial charge in [-0.15, -0.1) is 0 Å². The minimum atomic E-state index is -1.39. The van der Waals surface area contributed by atoms with Crippen molar-refractivity contribution in [2.24, 2.45) is 0 Å². The number of nitrogen functional groups attached to an aromatic ring is 2. The van der Waals surface area contributed by atoms with Crippen molar-refractivity contribution in [3.63, 3.8) is 0 Å². The molecule has 1 fully saturated rings. The minimum Gasteiger partial charge on any atom is -0.459 e. The zero-order chi connectivity index (χ0) is 21.5. The predicted molar refractivity (Wildman–Crippen MR) is 105 cm³/mol. The predicted octanol–water partition coefficient (Wildman–Crippen LogP) is 3.21. The van der Waals surface area contributed by atoms with E-state index in [1.807, 2.05) is 0 Å². The molecule has 0 spiro atoms. The number of likely N-dealkylation sites (tertiary alicyclic amines) is 1. The van der Waals surface area contributed by atoms with Crippen LogP contribution in [0.5, 0.6) is 0 Å². The van der Waals surface area contributed by atoms with Crippen molar-refractivity contribution in [3.05, 3.63) is 23.5 Å². The number of nitrogens with zero attached hydrogens (tertiary/aromatic N) is 1. The Morgan fingerprint density at radius 2 is 1.64 bits per heavy atom. The van der Waals surface area contributed by atoms with Crippen LogP contribution in [-0.2, 0) is 19.7 Å².